The van der Waals surface area contributed by atoms with Gasteiger partial charge in [-0.15, -0.1) is 0 Å². The van der Waals surface area contributed by atoms with Crippen molar-refractivity contribution in [3.8, 4) is 5.75 Å². The van der Waals surface area contributed by atoms with E-state index >= 15 is 0 Å². The monoisotopic (exact) mass is 347 g/mol. The van der Waals surface area contributed by atoms with Crippen molar-refractivity contribution in [2.24, 2.45) is 0 Å². The largest absolute Gasteiger partial charge is 0.379 e. The molecule has 0 aromatic heterocycles. The molecule has 6 heteroatoms. The highest BCUT2D eigenvalue weighted by Crippen LogP contribution is 2.22. The maximum Gasteiger partial charge on any atom is 0.339 e. The Kier molecular flexibility index (Phi) is 5.29. The summed E-state index contributed by atoms with van der Waals surface area (Å²) in [6, 6.07) is 11.2. The summed E-state index contributed by atoms with van der Waals surface area (Å²) in [6.07, 6.45) is 0. The first-order valence-corrected chi connectivity index (χ1v) is 9.02. The molecule has 0 saturated heterocycles. The number of amides is 1. The summed E-state index contributed by atoms with van der Waals surface area (Å²) in [4.78, 5) is 12.0. The SMILES string of the molecule is Cc1ccc(C)c(S(=O)(=O)Oc2ccc(C(=O)NC(C)C)cc2)c1. The fraction of sp³-hybridized carbons (Fsp3) is 0.278. The number of rotatable bonds is 5. The van der Waals surface area contributed by atoms with Gasteiger partial charge in [0.05, 0.1) is 0 Å². The first kappa shape index (κ1) is 18.0. The minimum absolute atomic E-state index is 0.0260. The molecule has 1 amide bonds. The predicted octanol–water partition coefficient (Wildman–Crippen LogP) is 3.21. The number of nitrogens with one attached hydrogen (secondary N) is 1. The molecule has 0 saturated carbocycles. The smallest absolute Gasteiger partial charge is 0.339 e. The predicted molar refractivity (Wildman–Crippen MR) is 92.8 cm³/mol. The van der Waals surface area contributed by atoms with Crippen molar-refractivity contribution in [3.63, 3.8) is 0 Å². The van der Waals surface area contributed by atoms with E-state index in [1.165, 1.54) is 24.3 Å². The lowest BCUT2D eigenvalue weighted by Gasteiger charge is -2.11. The van der Waals surface area contributed by atoms with E-state index in [0.717, 1.165) is 5.56 Å². The molecule has 2 aromatic carbocycles. The highest BCUT2D eigenvalue weighted by atomic mass is 32.2. The summed E-state index contributed by atoms with van der Waals surface area (Å²) >= 11 is 0. The fourth-order valence-corrected chi connectivity index (χ4v) is 3.40. The minimum Gasteiger partial charge on any atom is -0.379 e. The molecular weight excluding hydrogens is 326 g/mol. The van der Waals surface area contributed by atoms with Gasteiger partial charge >= 0.3 is 10.1 Å². The van der Waals surface area contributed by atoms with Gasteiger partial charge in [-0.1, -0.05) is 12.1 Å². The molecule has 24 heavy (non-hydrogen) atoms. The molecule has 0 unspecified atom stereocenters. The lowest BCUT2D eigenvalue weighted by atomic mass is 10.2. The molecule has 5 nitrogen and oxygen atoms in total. The van der Waals surface area contributed by atoms with E-state index in [-0.39, 0.29) is 22.6 Å². The number of carbonyl (C=O) groups excluding carboxylic acids is 1. The second kappa shape index (κ2) is 7.05. The Morgan fingerprint density at radius 3 is 2.25 bits per heavy atom. The molecule has 0 aliphatic carbocycles. The van der Waals surface area contributed by atoms with Gasteiger partial charge in [0.25, 0.3) is 5.91 Å². The minimum atomic E-state index is -3.92. The van der Waals surface area contributed by atoms with Gasteiger partial charge in [-0.05, 0) is 69.2 Å². The first-order chi connectivity index (χ1) is 11.2. The molecule has 1 N–H and O–H groups in total. The third kappa shape index (κ3) is 4.35. The molecule has 0 atom stereocenters. The van der Waals surface area contributed by atoms with E-state index in [4.69, 9.17) is 4.18 Å². The standard InChI is InChI=1S/C18H21NO4S/c1-12(2)19-18(20)15-7-9-16(10-8-15)23-24(21,22)17-11-13(3)5-6-14(17)4/h5-12H,1-4H3,(H,19,20). The third-order valence-corrected chi connectivity index (χ3v) is 4.75. The van der Waals surface area contributed by atoms with Crippen molar-refractivity contribution >= 4 is 16.0 Å². The van der Waals surface area contributed by atoms with Crippen LogP contribution in [0, 0.1) is 13.8 Å². The van der Waals surface area contributed by atoms with Gasteiger partial charge in [0.15, 0.2) is 0 Å². The van der Waals surface area contributed by atoms with Crippen LogP contribution in [-0.4, -0.2) is 20.4 Å². The van der Waals surface area contributed by atoms with Crippen LogP contribution < -0.4 is 9.50 Å². The highest BCUT2D eigenvalue weighted by molar-refractivity contribution is 7.87. The summed E-state index contributed by atoms with van der Waals surface area (Å²) in [6.45, 7) is 7.27. The van der Waals surface area contributed by atoms with E-state index in [2.05, 4.69) is 5.32 Å². The molecular formula is C18H21NO4S. The van der Waals surface area contributed by atoms with Gasteiger partial charge in [-0.2, -0.15) is 8.42 Å². The molecule has 2 aromatic rings. The van der Waals surface area contributed by atoms with Gasteiger partial charge in [0.2, 0.25) is 0 Å². The summed E-state index contributed by atoms with van der Waals surface area (Å²) in [7, 11) is -3.92. The number of hydrogen-bond acceptors (Lipinski definition) is 4. The molecule has 0 bridgehead atoms. The Balaban J connectivity index is 2.21. The van der Waals surface area contributed by atoms with Crippen molar-refractivity contribution in [2.45, 2.75) is 38.6 Å². The summed E-state index contributed by atoms with van der Waals surface area (Å²) < 4.78 is 30.1. The van der Waals surface area contributed by atoms with Crippen molar-refractivity contribution in [1.82, 2.24) is 5.32 Å². The van der Waals surface area contributed by atoms with Crippen LogP contribution in [-0.2, 0) is 10.1 Å². The second-order valence-electron chi connectivity index (χ2n) is 5.96. The molecule has 0 heterocycles. The van der Waals surface area contributed by atoms with Crippen LogP contribution >= 0.6 is 0 Å². The maximum atomic E-state index is 12.4. The normalized spacial score (nSPS) is 11.4. The molecule has 0 spiro atoms. The number of aryl methyl sites for hydroxylation is 2. The Hall–Kier alpha value is -2.34. The van der Waals surface area contributed by atoms with Crippen molar-refractivity contribution < 1.29 is 17.4 Å². The van der Waals surface area contributed by atoms with Crippen LogP contribution in [0.1, 0.15) is 35.3 Å². The van der Waals surface area contributed by atoms with E-state index in [1.807, 2.05) is 26.8 Å². The Morgan fingerprint density at radius 2 is 1.67 bits per heavy atom. The van der Waals surface area contributed by atoms with Gasteiger partial charge < -0.3 is 9.50 Å². The third-order valence-electron chi connectivity index (χ3n) is 3.36. The molecule has 2 rings (SSSR count). The quantitative estimate of drug-likeness (QED) is 0.843. The molecule has 128 valence electrons. The van der Waals surface area contributed by atoms with E-state index < -0.39 is 10.1 Å². The van der Waals surface area contributed by atoms with Crippen LogP contribution in [0.15, 0.2) is 47.4 Å². The zero-order chi connectivity index (χ0) is 17.9. The van der Waals surface area contributed by atoms with Crippen LogP contribution in [0.4, 0.5) is 0 Å². The Labute approximate surface area is 142 Å². The molecule has 0 fully saturated rings. The lowest BCUT2D eigenvalue weighted by molar-refractivity contribution is 0.0943. The molecule has 0 aliphatic rings. The fourth-order valence-electron chi connectivity index (χ4n) is 2.16. The van der Waals surface area contributed by atoms with Crippen LogP contribution in [0.3, 0.4) is 0 Å². The highest BCUT2D eigenvalue weighted by Gasteiger charge is 2.19. The van der Waals surface area contributed by atoms with Gasteiger partial charge in [-0.3, -0.25) is 4.79 Å². The van der Waals surface area contributed by atoms with Crippen molar-refractivity contribution in [1.29, 1.82) is 0 Å². The van der Waals surface area contributed by atoms with Crippen LogP contribution in [0.25, 0.3) is 0 Å². The van der Waals surface area contributed by atoms with Crippen LogP contribution in [0.2, 0.25) is 0 Å². The average molecular weight is 347 g/mol. The van der Waals surface area contributed by atoms with E-state index in [1.54, 1.807) is 19.1 Å². The number of hydrogen-bond donors (Lipinski definition) is 1. The van der Waals surface area contributed by atoms with E-state index in [0.29, 0.717) is 11.1 Å². The zero-order valence-corrected chi connectivity index (χ0v) is 15.0. The summed E-state index contributed by atoms with van der Waals surface area (Å²) in [5.74, 6) is -0.0501. The van der Waals surface area contributed by atoms with Crippen molar-refractivity contribution in [2.75, 3.05) is 0 Å². The average Bonchev–Trinajstić information content (AvgIpc) is 2.49. The Bertz CT molecular complexity index is 840. The first-order valence-electron chi connectivity index (χ1n) is 7.62. The lowest BCUT2D eigenvalue weighted by Crippen LogP contribution is -2.29. The molecule has 0 aliphatic heterocycles. The zero-order valence-electron chi connectivity index (χ0n) is 14.2. The molecule has 0 radical (unpaired) electrons. The number of carbonyl (C=O) groups is 1. The van der Waals surface area contributed by atoms with Crippen LogP contribution in [0.5, 0.6) is 5.75 Å². The van der Waals surface area contributed by atoms with Gasteiger partial charge in [0.1, 0.15) is 10.6 Å². The second-order valence-corrected chi connectivity index (χ2v) is 7.47. The number of benzene rings is 2. The van der Waals surface area contributed by atoms with Crippen molar-refractivity contribution in [3.05, 3.63) is 59.2 Å². The summed E-state index contributed by atoms with van der Waals surface area (Å²) in [5.41, 5.74) is 1.90. The maximum absolute atomic E-state index is 12.4. The van der Waals surface area contributed by atoms with Gasteiger partial charge in [0, 0.05) is 11.6 Å². The van der Waals surface area contributed by atoms with E-state index in [9.17, 15) is 13.2 Å². The topological polar surface area (TPSA) is 72.5 Å². The Morgan fingerprint density at radius 1 is 1.04 bits per heavy atom. The summed E-state index contributed by atoms with van der Waals surface area (Å²) in [5, 5.41) is 2.77. The van der Waals surface area contributed by atoms with Gasteiger partial charge in [-0.25, -0.2) is 0 Å².